The molecule has 1 aliphatic rings. The Kier molecular flexibility index (Phi) is 6.65. The molecule has 33 heavy (non-hydrogen) atoms. The SMILES string of the molecule is C=CC[C@H]1O[C@@H](c2cccc3ccccc23)C[C@@H]1[C@@H](NS(=O)(=O)c1ccc(C)cc1)C(=O)O. The molecule has 6 nitrogen and oxygen atoms in total. The second-order valence-corrected chi connectivity index (χ2v) is 10.1. The van der Waals surface area contributed by atoms with Gasteiger partial charge in [0.2, 0.25) is 10.0 Å². The van der Waals surface area contributed by atoms with Crippen LogP contribution >= 0.6 is 0 Å². The van der Waals surface area contributed by atoms with Crippen molar-refractivity contribution < 1.29 is 23.1 Å². The molecule has 172 valence electrons. The number of hydrogen-bond donors (Lipinski definition) is 2. The van der Waals surface area contributed by atoms with Crippen LogP contribution in [-0.2, 0) is 19.6 Å². The molecular formula is C26H27NO5S. The van der Waals surface area contributed by atoms with Crippen molar-refractivity contribution >= 4 is 26.8 Å². The summed E-state index contributed by atoms with van der Waals surface area (Å²) in [7, 11) is -4.03. The van der Waals surface area contributed by atoms with E-state index in [4.69, 9.17) is 4.74 Å². The van der Waals surface area contributed by atoms with Crippen molar-refractivity contribution in [2.75, 3.05) is 0 Å². The minimum atomic E-state index is -4.03. The molecular weight excluding hydrogens is 438 g/mol. The summed E-state index contributed by atoms with van der Waals surface area (Å²) < 4.78 is 34.7. The normalized spacial score (nSPS) is 21.7. The summed E-state index contributed by atoms with van der Waals surface area (Å²) in [5, 5.41) is 12.1. The van der Waals surface area contributed by atoms with Gasteiger partial charge in [-0.25, -0.2) is 8.42 Å². The first-order chi connectivity index (χ1) is 15.8. The van der Waals surface area contributed by atoms with Gasteiger partial charge in [-0.15, -0.1) is 6.58 Å². The summed E-state index contributed by atoms with van der Waals surface area (Å²) in [6.07, 6.45) is 1.64. The van der Waals surface area contributed by atoms with Crippen LogP contribution in [-0.4, -0.2) is 31.6 Å². The van der Waals surface area contributed by atoms with E-state index >= 15 is 0 Å². The van der Waals surface area contributed by atoms with E-state index in [0.717, 1.165) is 21.9 Å². The lowest BCUT2D eigenvalue weighted by molar-refractivity contribution is -0.141. The number of aliphatic carboxylic acids is 1. The molecule has 0 aliphatic carbocycles. The molecule has 7 heteroatoms. The van der Waals surface area contributed by atoms with Crippen LogP contribution in [0.5, 0.6) is 0 Å². The molecule has 3 aromatic carbocycles. The van der Waals surface area contributed by atoms with Crippen LogP contribution in [0.15, 0.2) is 84.3 Å². The molecule has 1 heterocycles. The molecule has 1 aliphatic heterocycles. The second kappa shape index (κ2) is 9.47. The zero-order valence-corrected chi connectivity index (χ0v) is 19.2. The van der Waals surface area contributed by atoms with Crippen molar-refractivity contribution in [3.8, 4) is 0 Å². The van der Waals surface area contributed by atoms with Crippen molar-refractivity contribution in [1.29, 1.82) is 0 Å². The molecule has 1 fully saturated rings. The van der Waals surface area contributed by atoms with Gasteiger partial charge in [0.1, 0.15) is 6.04 Å². The number of benzene rings is 3. The van der Waals surface area contributed by atoms with Gasteiger partial charge < -0.3 is 9.84 Å². The average Bonchev–Trinajstić information content (AvgIpc) is 3.21. The lowest BCUT2D eigenvalue weighted by Crippen LogP contribution is -2.48. The van der Waals surface area contributed by atoms with E-state index in [0.29, 0.717) is 12.8 Å². The van der Waals surface area contributed by atoms with Crippen molar-refractivity contribution in [3.63, 3.8) is 0 Å². The third kappa shape index (κ3) is 4.85. The highest BCUT2D eigenvalue weighted by atomic mass is 32.2. The summed E-state index contributed by atoms with van der Waals surface area (Å²) >= 11 is 0. The van der Waals surface area contributed by atoms with Crippen LogP contribution in [0.25, 0.3) is 10.8 Å². The van der Waals surface area contributed by atoms with Crippen molar-refractivity contribution in [2.45, 2.75) is 42.9 Å². The monoisotopic (exact) mass is 465 g/mol. The van der Waals surface area contributed by atoms with E-state index in [1.807, 2.05) is 49.4 Å². The lowest BCUT2D eigenvalue weighted by atomic mass is 9.88. The fourth-order valence-electron chi connectivity index (χ4n) is 4.52. The van der Waals surface area contributed by atoms with E-state index in [2.05, 4.69) is 11.3 Å². The first kappa shape index (κ1) is 23.2. The molecule has 0 amide bonds. The average molecular weight is 466 g/mol. The first-order valence-corrected chi connectivity index (χ1v) is 12.3. The topological polar surface area (TPSA) is 92.7 Å². The summed E-state index contributed by atoms with van der Waals surface area (Å²) in [5.41, 5.74) is 1.88. The van der Waals surface area contributed by atoms with Gasteiger partial charge in [-0.3, -0.25) is 4.79 Å². The van der Waals surface area contributed by atoms with Gasteiger partial charge in [-0.1, -0.05) is 66.2 Å². The predicted molar refractivity (Wildman–Crippen MR) is 127 cm³/mol. The minimum Gasteiger partial charge on any atom is -0.480 e. The Hall–Kier alpha value is -3.00. The molecule has 0 unspecified atom stereocenters. The second-order valence-electron chi connectivity index (χ2n) is 8.41. The summed E-state index contributed by atoms with van der Waals surface area (Å²) in [5.74, 6) is -1.79. The number of rotatable bonds is 8. The quantitative estimate of drug-likeness (QED) is 0.474. The predicted octanol–water partition coefficient (Wildman–Crippen LogP) is 4.60. The zero-order chi connectivity index (χ0) is 23.6. The molecule has 0 saturated carbocycles. The third-order valence-corrected chi connectivity index (χ3v) is 7.64. The van der Waals surface area contributed by atoms with Gasteiger partial charge in [0.25, 0.3) is 0 Å². The highest BCUT2D eigenvalue weighted by molar-refractivity contribution is 7.89. The van der Waals surface area contributed by atoms with Crippen molar-refractivity contribution in [1.82, 2.24) is 4.72 Å². The molecule has 0 aromatic heterocycles. The van der Waals surface area contributed by atoms with Gasteiger partial charge in [0, 0.05) is 5.92 Å². The molecule has 2 N–H and O–H groups in total. The smallest absolute Gasteiger partial charge is 0.322 e. The van der Waals surface area contributed by atoms with E-state index < -0.39 is 34.1 Å². The summed E-state index contributed by atoms with van der Waals surface area (Å²) in [6, 6.07) is 18.9. The largest absolute Gasteiger partial charge is 0.480 e. The number of aryl methyl sites for hydroxylation is 1. The lowest BCUT2D eigenvalue weighted by Gasteiger charge is -2.24. The third-order valence-electron chi connectivity index (χ3n) is 6.18. The van der Waals surface area contributed by atoms with Crippen LogP contribution in [0.3, 0.4) is 0 Å². The van der Waals surface area contributed by atoms with Crippen LogP contribution in [0.2, 0.25) is 0 Å². The van der Waals surface area contributed by atoms with Crippen LogP contribution in [0.1, 0.15) is 30.1 Å². The Labute approximate surface area is 194 Å². The molecule has 4 atom stereocenters. The molecule has 4 rings (SSSR count). The number of ether oxygens (including phenoxy) is 1. The van der Waals surface area contributed by atoms with Crippen LogP contribution in [0.4, 0.5) is 0 Å². The van der Waals surface area contributed by atoms with Gasteiger partial charge in [-0.2, -0.15) is 4.72 Å². The Morgan fingerprint density at radius 3 is 2.55 bits per heavy atom. The number of hydrogen-bond acceptors (Lipinski definition) is 4. The van der Waals surface area contributed by atoms with Gasteiger partial charge in [-0.05, 0) is 48.2 Å². The molecule has 0 bridgehead atoms. The number of carboxylic acids is 1. The Morgan fingerprint density at radius 2 is 1.85 bits per heavy atom. The van der Waals surface area contributed by atoms with E-state index in [1.165, 1.54) is 12.1 Å². The fraction of sp³-hybridized carbons (Fsp3) is 0.269. The zero-order valence-electron chi connectivity index (χ0n) is 18.3. The van der Waals surface area contributed by atoms with Gasteiger partial charge in [0.15, 0.2) is 0 Å². The standard InChI is InChI=1S/C26H27NO5S/c1-3-7-23-22(16-24(32-23)21-11-6-9-18-8-4-5-10-20(18)21)25(26(28)29)27-33(30,31)19-14-12-17(2)13-15-19/h3-6,8-15,22-25,27H,1,7,16H2,2H3,(H,28,29)/t22-,23+,24+,25+/m0/s1. The van der Waals surface area contributed by atoms with E-state index in [-0.39, 0.29) is 11.0 Å². The highest BCUT2D eigenvalue weighted by Gasteiger charge is 2.44. The molecule has 0 spiro atoms. The highest BCUT2D eigenvalue weighted by Crippen LogP contribution is 2.42. The maximum Gasteiger partial charge on any atom is 0.322 e. The van der Waals surface area contributed by atoms with Crippen molar-refractivity contribution in [2.24, 2.45) is 5.92 Å². The van der Waals surface area contributed by atoms with Gasteiger partial charge in [0.05, 0.1) is 17.1 Å². The van der Waals surface area contributed by atoms with Crippen LogP contribution in [0, 0.1) is 12.8 Å². The van der Waals surface area contributed by atoms with Crippen molar-refractivity contribution in [3.05, 3.63) is 90.5 Å². The summed E-state index contributed by atoms with van der Waals surface area (Å²) in [4.78, 5) is 12.3. The molecule has 0 radical (unpaired) electrons. The number of nitrogens with one attached hydrogen (secondary N) is 1. The Morgan fingerprint density at radius 1 is 1.15 bits per heavy atom. The maximum atomic E-state index is 13.0. The number of fused-ring (bicyclic) bond motifs is 1. The molecule has 3 aromatic rings. The minimum absolute atomic E-state index is 0.0316. The van der Waals surface area contributed by atoms with E-state index in [9.17, 15) is 18.3 Å². The van der Waals surface area contributed by atoms with E-state index in [1.54, 1.807) is 18.2 Å². The number of carboxylic acid groups (broad SMARTS) is 1. The fourth-order valence-corrected chi connectivity index (χ4v) is 5.76. The Balaban J connectivity index is 1.66. The maximum absolute atomic E-state index is 13.0. The first-order valence-electron chi connectivity index (χ1n) is 10.9. The molecule has 1 saturated heterocycles. The Bertz CT molecular complexity index is 1260. The van der Waals surface area contributed by atoms with Gasteiger partial charge >= 0.3 is 5.97 Å². The number of carbonyl (C=O) groups is 1. The number of sulfonamides is 1. The summed E-state index contributed by atoms with van der Waals surface area (Å²) in [6.45, 7) is 5.63. The van der Waals surface area contributed by atoms with Crippen LogP contribution < -0.4 is 4.72 Å².